The minimum Gasteiger partial charge on any atom is -0.369 e. The van der Waals surface area contributed by atoms with E-state index < -0.39 is 11.7 Å². The van der Waals surface area contributed by atoms with Crippen LogP contribution in [-0.4, -0.2) is 10.9 Å². The van der Waals surface area contributed by atoms with E-state index in [4.69, 9.17) is 29.6 Å². The van der Waals surface area contributed by atoms with Crippen LogP contribution in [-0.2, 0) is 17.6 Å². The molecule has 1 aromatic heterocycles. The number of allylic oxidation sites excluding steroid dienone is 2. The summed E-state index contributed by atoms with van der Waals surface area (Å²) in [5.74, 6) is -1.16. The largest absolute Gasteiger partial charge is 0.369 e. The van der Waals surface area contributed by atoms with E-state index >= 15 is 0 Å². The van der Waals surface area contributed by atoms with Crippen molar-refractivity contribution in [2.45, 2.75) is 33.6 Å². The Morgan fingerprint density at radius 2 is 2.09 bits per heavy atom. The molecule has 6 heteroatoms. The molecule has 3 N–H and O–H groups in total. The summed E-state index contributed by atoms with van der Waals surface area (Å²) in [6, 6.07) is 3.11. The monoisotopic (exact) mass is 354 g/mol. The van der Waals surface area contributed by atoms with E-state index in [0.717, 1.165) is 22.9 Å². The Bertz CT molecular complexity index is 751. The second-order valence-electron chi connectivity index (χ2n) is 5.42. The Balaban J connectivity index is 3.81. The van der Waals surface area contributed by atoms with Gasteiger partial charge >= 0.3 is 0 Å². The molecule has 0 radical (unpaired) electrons. The van der Waals surface area contributed by atoms with Gasteiger partial charge in [-0.3, -0.25) is 4.79 Å². The molecule has 3 nitrogen and oxygen atoms in total. The summed E-state index contributed by atoms with van der Waals surface area (Å²) < 4.78 is 14.5. The number of hydrogen-bond acceptors (Lipinski definition) is 2. The third-order valence-corrected chi connectivity index (χ3v) is 4.02. The number of nitrogens with one attached hydrogen (secondary N) is 1. The Morgan fingerprint density at radius 1 is 1.43 bits per heavy atom. The first-order valence-electron chi connectivity index (χ1n) is 7.07. The molecule has 0 atom stereocenters. The lowest BCUT2D eigenvalue weighted by Gasteiger charge is -2.06. The van der Waals surface area contributed by atoms with Crippen LogP contribution in [0.2, 0.25) is 5.02 Å². The van der Waals surface area contributed by atoms with Crippen LogP contribution in [0.15, 0.2) is 30.0 Å². The van der Waals surface area contributed by atoms with Crippen LogP contribution in [0.3, 0.4) is 0 Å². The van der Waals surface area contributed by atoms with Crippen molar-refractivity contribution in [3.8, 4) is 0 Å². The lowest BCUT2D eigenvalue weighted by atomic mass is 10.0. The zero-order chi connectivity index (χ0) is 17.6. The average molecular weight is 355 g/mol. The van der Waals surface area contributed by atoms with Gasteiger partial charge in [0.25, 0.3) is 0 Å². The van der Waals surface area contributed by atoms with Crippen LogP contribution in [0.5, 0.6) is 0 Å². The van der Waals surface area contributed by atoms with E-state index in [1.54, 1.807) is 6.07 Å². The van der Waals surface area contributed by atoms with Gasteiger partial charge in [0.1, 0.15) is 0 Å². The first-order chi connectivity index (χ1) is 10.7. The number of amides is 1. The van der Waals surface area contributed by atoms with Crippen molar-refractivity contribution in [2.75, 3.05) is 0 Å². The highest BCUT2D eigenvalue weighted by Crippen LogP contribution is 2.16. The molecule has 0 fully saturated rings. The van der Waals surface area contributed by atoms with Gasteiger partial charge in [0.15, 0.2) is 5.82 Å². The number of rotatable bonds is 4. The normalized spacial score (nSPS) is 9.96. The molecule has 0 saturated carbocycles. The van der Waals surface area contributed by atoms with Gasteiger partial charge in [0.05, 0.1) is 11.4 Å². The van der Waals surface area contributed by atoms with Gasteiger partial charge in [0.2, 0.25) is 5.91 Å². The van der Waals surface area contributed by atoms with Crippen LogP contribution in [0.1, 0.15) is 30.7 Å². The summed E-state index contributed by atoms with van der Waals surface area (Å²) in [5, 5.41) is -0.0502. The van der Waals surface area contributed by atoms with Gasteiger partial charge in [-0.2, -0.15) is 0 Å². The smallest absolute Gasteiger partial charge is 0.223 e. The maximum atomic E-state index is 13.9. The van der Waals surface area contributed by atoms with Gasteiger partial charge in [-0.1, -0.05) is 41.5 Å². The number of carbonyl (C=O) groups is 1. The first kappa shape index (κ1) is 19.3. The Hall–Kier alpha value is -1.72. The molecule has 0 aliphatic carbocycles. The fourth-order valence-electron chi connectivity index (χ4n) is 1.89. The molecular weight excluding hydrogens is 335 g/mol. The van der Waals surface area contributed by atoms with Gasteiger partial charge in [0, 0.05) is 16.4 Å². The molecule has 0 spiro atoms. The minimum atomic E-state index is -0.632. The number of nitrogens with two attached hydrogens (primary N) is 1. The van der Waals surface area contributed by atoms with Crippen LogP contribution in [0, 0.1) is 17.3 Å². The molecule has 1 amide bonds. The maximum Gasteiger partial charge on any atom is 0.223 e. The Labute approximate surface area is 145 Å². The number of hydrogen-bond donors (Lipinski definition) is 2. The lowest BCUT2D eigenvalue weighted by molar-refractivity contribution is -0.117. The number of carbonyl (C=O) groups excluding carboxylic acids is 1. The molecule has 1 heterocycles. The molecular formula is C17H20ClFN2OS. The number of aryl methyl sites for hydroxylation is 1. The van der Waals surface area contributed by atoms with Crippen LogP contribution < -0.4 is 5.73 Å². The molecule has 1 aromatic rings. The van der Waals surface area contributed by atoms with Crippen molar-refractivity contribution in [3.05, 3.63) is 62.1 Å². The summed E-state index contributed by atoms with van der Waals surface area (Å²) in [5.41, 5.74) is 8.40. The summed E-state index contributed by atoms with van der Waals surface area (Å²) in [6.07, 6.45) is 3.56. The number of aromatic nitrogens is 1. The van der Waals surface area contributed by atoms with E-state index in [2.05, 4.69) is 4.98 Å². The lowest BCUT2D eigenvalue weighted by Crippen LogP contribution is -2.15. The van der Waals surface area contributed by atoms with Crippen molar-refractivity contribution < 1.29 is 9.18 Å². The van der Waals surface area contributed by atoms with Crippen molar-refractivity contribution in [1.82, 2.24) is 4.98 Å². The number of halogens is 2. The predicted molar refractivity (Wildman–Crippen MR) is 95.0 cm³/mol. The zero-order valence-corrected chi connectivity index (χ0v) is 14.9. The third-order valence-electron chi connectivity index (χ3n) is 3.14. The van der Waals surface area contributed by atoms with Crippen molar-refractivity contribution >= 4 is 29.7 Å². The highest BCUT2D eigenvalue weighted by atomic mass is 35.5. The van der Waals surface area contributed by atoms with E-state index in [-0.39, 0.29) is 11.4 Å². The first-order valence-corrected chi connectivity index (χ1v) is 7.86. The molecule has 0 saturated heterocycles. The van der Waals surface area contributed by atoms with Crippen molar-refractivity contribution in [1.29, 1.82) is 0 Å². The highest BCUT2D eigenvalue weighted by molar-refractivity contribution is 7.71. The predicted octanol–water partition coefficient (Wildman–Crippen LogP) is 4.51. The third kappa shape index (κ3) is 6.12. The molecule has 0 aromatic carbocycles. The Morgan fingerprint density at radius 3 is 2.65 bits per heavy atom. The van der Waals surface area contributed by atoms with Gasteiger partial charge < -0.3 is 10.7 Å². The fraction of sp³-hybridized carbons (Fsp3) is 0.294. The topological polar surface area (TPSA) is 58.9 Å². The molecule has 0 aliphatic rings. The zero-order valence-electron chi connectivity index (χ0n) is 13.4. The molecule has 0 aliphatic heterocycles. The van der Waals surface area contributed by atoms with E-state index in [1.807, 2.05) is 26.8 Å². The standard InChI is InChI=1S/C17H20ClFN2OS/c1-10(2)4-6-12-15(8-16(20)22)21-9-14(19)13(18)7-5-11(3)17(12)23/h4-5,7,9,21H,6,8H2,1-3H3,(H2,20,22). The summed E-state index contributed by atoms with van der Waals surface area (Å²) in [4.78, 5) is 14.2. The number of aromatic amines is 1. The van der Waals surface area contributed by atoms with E-state index in [1.165, 1.54) is 6.07 Å². The molecule has 23 heavy (non-hydrogen) atoms. The van der Waals surface area contributed by atoms with Gasteiger partial charge in [-0.25, -0.2) is 4.39 Å². The van der Waals surface area contributed by atoms with Gasteiger partial charge in [-0.05, 0) is 44.4 Å². The SMILES string of the molecule is CC(C)=CCc1c(CC(N)=O)[nH]cc(F)c(Cl)ccc(C)c1=S. The fourth-order valence-corrected chi connectivity index (χ4v) is 2.28. The summed E-state index contributed by atoms with van der Waals surface area (Å²) in [7, 11) is 0. The second kappa shape index (κ2) is 8.79. The van der Waals surface area contributed by atoms with Crippen LogP contribution >= 0.6 is 23.8 Å². The number of primary amides is 1. The molecule has 124 valence electrons. The minimum absolute atomic E-state index is 0.0502. The molecule has 1 rings (SSSR count). The number of H-pyrrole nitrogens is 1. The van der Waals surface area contributed by atoms with E-state index in [9.17, 15) is 9.18 Å². The average Bonchev–Trinajstić information content (AvgIpc) is 2.47. The van der Waals surface area contributed by atoms with Crippen molar-refractivity contribution in [2.24, 2.45) is 5.73 Å². The maximum absolute atomic E-state index is 13.9. The summed E-state index contributed by atoms with van der Waals surface area (Å²) in [6.45, 7) is 5.75. The Kier molecular flexibility index (Phi) is 7.39. The molecule has 0 unspecified atom stereocenters. The molecule has 0 bridgehead atoms. The van der Waals surface area contributed by atoms with Crippen LogP contribution in [0.4, 0.5) is 4.39 Å². The van der Waals surface area contributed by atoms with Crippen LogP contribution in [0.25, 0.3) is 0 Å². The quantitative estimate of drug-likeness (QED) is 0.617. The second-order valence-corrected chi connectivity index (χ2v) is 6.23. The summed E-state index contributed by atoms with van der Waals surface area (Å²) >= 11 is 11.4. The van der Waals surface area contributed by atoms with Gasteiger partial charge in [-0.15, -0.1) is 0 Å². The van der Waals surface area contributed by atoms with Crippen molar-refractivity contribution in [3.63, 3.8) is 0 Å². The highest BCUT2D eigenvalue weighted by Gasteiger charge is 2.07. The van der Waals surface area contributed by atoms with E-state index in [0.29, 0.717) is 16.6 Å².